The summed E-state index contributed by atoms with van der Waals surface area (Å²) in [5.74, 6) is -0.958. The summed E-state index contributed by atoms with van der Waals surface area (Å²) in [6.07, 6.45) is -2.91. The molecule has 0 saturated carbocycles. The van der Waals surface area contributed by atoms with Gasteiger partial charge in [0.2, 0.25) is 5.91 Å². The summed E-state index contributed by atoms with van der Waals surface area (Å²) in [6.45, 7) is 2.65. The highest BCUT2D eigenvalue weighted by Crippen LogP contribution is 2.21. The number of hydrogen-bond donors (Lipinski definition) is 2. The van der Waals surface area contributed by atoms with Gasteiger partial charge in [-0.25, -0.2) is 0 Å². The van der Waals surface area contributed by atoms with E-state index in [1.807, 2.05) is 5.32 Å². The molecular weight excluding hydrogens is 347 g/mol. The summed E-state index contributed by atoms with van der Waals surface area (Å²) in [5, 5.41) is 4.58. The second kappa shape index (κ2) is 7.99. The molecule has 0 radical (unpaired) electrons. The summed E-state index contributed by atoms with van der Waals surface area (Å²) in [5.41, 5.74) is 2.08. The number of halogens is 3. The number of carbonyl (C=O) groups excluding carboxylic acids is 2. The van der Waals surface area contributed by atoms with Gasteiger partial charge in [0.15, 0.2) is 0 Å². The van der Waals surface area contributed by atoms with Crippen molar-refractivity contribution in [2.75, 3.05) is 0 Å². The van der Waals surface area contributed by atoms with Gasteiger partial charge in [-0.1, -0.05) is 18.2 Å². The maximum atomic E-state index is 12.6. The summed E-state index contributed by atoms with van der Waals surface area (Å²) in [4.78, 5) is 27.2. The molecule has 0 saturated heterocycles. The first kappa shape index (κ1) is 19.4. The molecule has 2 amide bonds. The predicted octanol–water partition coefficient (Wildman–Crippen LogP) is 3.07. The van der Waals surface area contributed by atoms with E-state index < -0.39 is 18.1 Å². The fourth-order valence-electron chi connectivity index (χ4n) is 2.11. The van der Waals surface area contributed by atoms with Crippen molar-refractivity contribution in [3.63, 3.8) is 0 Å². The zero-order valence-corrected chi connectivity index (χ0v) is 14.2. The standard InChI is InChI=1S/C18H18F3N3O2/c1-11(18(19,20)21)24-17(26)15-5-3-4-14(8-15)16-7-6-13(10-23-16)9-22-12(2)25/h3-8,10-11H,9H2,1-2H3,(H,22,25)(H,24,26)/t11-/m1/s1. The van der Waals surface area contributed by atoms with Crippen LogP contribution in [0.25, 0.3) is 11.3 Å². The molecule has 1 atom stereocenters. The molecule has 0 unspecified atom stereocenters. The largest absolute Gasteiger partial charge is 0.408 e. The van der Waals surface area contributed by atoms with E-state index >= 15 is 0 Å². The molecule has 26 heavy (non-hydrogen) atoms. The van der Waals surface area contributed by atoms with Gasteiger partial charge < -0.3 is 10.6 Å². The van der Waals surface area contributed by atoms with Crippen LogP contribution in [0, 0.1) is 0 Å². The average molecular weight is 365 g/mol. The predicted molar refractivity (Wildman–Crippen MR) is 90.2 cm³/mol. The lowest BCUT2D eigenvalue weighted by Gasteiger charge is -2.17. The van der Waals surface area contributed by atoms with E-state index in [1.54, 1.807) is 30.5 Å². The van der Waals surface area contributed by atoms with Crippen LogP contribution in [0.5, 0.6) is 0 Å². The van der Waals surface area contributed by atoms with E-state index in [9.17, 15) is 22.8 Å². The Hall–Kier alpha value is -2.90. The van der Waals surface area contributed by atoms with Gasteiger partial charge in [-0.05, 0) is 30.7 Å². The Kier molecular flexibility index (Phi) is 5.97. The molecular formula is C18H18F3N3O2. The SMILES string of the molecule is CC(=O)NCc1ccc(-c2cccc(C(=O)N[C@H](C)C(F)(F)F)c2)nc1. The van der Waals surface area contributed by atoms with Gasteiger partial charge in [0.05, 0.1) is 5.69 Å². The van der Waals surface area contributed by atoms with Crippen LogP contribution in [-0.2, 0) is 11.3 Å². The van der Waals surface area contributed by atoms with Crippen LogP contribution in [0.4, 0.5) is 13.2 Å². The number of rotatable bonds is 5. The molecule has 2 N–H and O–H groups in total. The van der Waals surface area contributed by atoms with Crippen molar-refractivity contribution in [2.24, 2.45) is 0 Å². The number of nitrogens with one attached hydrogen (secondary N) is 2. The lowest BCUT2D eigenvalue weighted by atomic mass is 10.1. The number of carbonyl (C=O) groups is 2. The van der Waals surface area contributed by atoms with Crippen LogP contribution < -0.4 is 10.6 Å². The summed E-state index contributed by atoms with van der Waals surface area (Å²) in [7, 11) is 0. The maximum Gasteiger partial charge on any atom is 0.408 e. The monoisotopic (exact) mass is 365 g/mol. The third kappa shape index (κ3) is 5.30. The first-order valence-electron chi connectivity index (χ1n) is 7.84. The van der Waals surface area contributed by atoms with Gasteiger partial charge in [0.1, 0.15) is 6.04 Å². The molecule has 138 valence electrons. The molecule has 0 aliphatic heterocycles. The van der Waals surface area contributed by atoms with Gasteiger partial charge in [-0.3, -0.25) is 14.6 Å². The second-order valence-corrected chi connectivity index (χ2v) is 5.78. The molecule has 1 aromatic carbocycles. The quantitative estimate of drug-likeness (QED) is 0.856. The first-order valence-corrected chi connectivity index (χ1v) is 7.84. The molecule has 0 fully saturated rings. The Morgan fingerprint density at radius 1 is 1.19 bits per heavy atom. The Bertz CT molecular complexity index is 789. The van der Waals surface area contributed by atoms with E-state index in [0.717, 1.165) is 12.5 Å². The molecule has 1 heterocycles. The molecule has 0 aliphatic rings. The smallest absolute Gasteiger partial charge is 0.352 e. The van der Waals surface area contributed by atoms with Crippen LogP contribution in [0.2, 0.25) is 0 Å². The van der Waals surface area contributed by atoms with Crippen LogP contribution in [0.1, 0.15) is 29.8 Å². The Labute approximate surface area is 148 Å². The highest BCUT2D eigenvalue weighted by atomic mass is 19.4. The molecule has 1 aromatic heterocycles. The number of aromatic nitrogens is 1. The summed E-state index contributed by atoms with van der Waals surface area (Å²) in [6, 6.07) is 7.75. The molecule has 5 nitrogen and oxygen atoms in total. The fraction of sp³-hybridized carbons (Fsp3) is 0.278. The van der Waals surface area contributed by atoms with Crippen molar-refractivity contribution in [1.82, 2.24) is 15.6 Å². The van der Waals surface area contributed by atoms with Crippen molar-refractivity contribution >= 4 is 11.8 Å². The molecule has 2 rings (SSSR count). The number of hydrogen-bond acceptors (Lipinski definition) is 3. The van der Waals surface area contributed by atoms with Crippen LogP contribution in [0.15, 0.2) is 42.6 Å². The minimum Gasteiger partial charge on any atom is -0.352 e. The number of benzene rings is 1. The topological polar surface area (TPSA) is 71.1 Å². The average Bonchev–Trinajstić information content (AvgIpc) is 2.59. The Morgan fingerprint density at radius 2 is 1.92 bits per heavy atom. The van der Waals surface area contributed by atoms with Gasteiger partial charge in [0, 0.05) is 30.8 Å². The minimum atomic E-state index is -4.50. The van der Waals surface area contributed by atoms with E-state index in [2.05, 4.69) is 10.3 Å². The lowest BCUT2D eigenvalue weighted by molar-refractivity contribution is -0.149. The number of alkyl halides is 3. The van der Waals surface area contributed by atoms with Gasteiger partial charge >= 0.3 is 6.18 Å². The fourth-order valence-corrected chi connectivity index (χ4v) is 2.11. The van der Waals surface area contributed by atoms with Crippen LogP contribution in [0.3, 0.4) is 0 Å². The zero-order chi connectivity index (χ0) is 19.3. The van der Waals surface area contributed by atoms with E-state index in [-0.39, 0.29) is 11.5 Å². The van der Waals surface area contributed by atoms with E-state index in [4.69, 9.17) is 0 Å². The van der Waals surface area contributed by atoms with E-state index in [0.29, 0.717) is 17.8 Å². The molecule has 8 heteroatoms. The van der Waals surface area contributed by atoms with Gasteiger partial charge in [-0.2, -0.15) is 13.2 Å². The minimum absolute atomic E-state index is 0.114. The Balaban J connectivity index is 2.13. The highest BCUT2D eigenvalue weighted by Gasteiger charge is 2.37. The molecule has 2 aromatic rings. The molecule has 0 bridgehead atoms. The normalized spacial score (nSPS) is 12.3. The maximum absolute atomic E-state index is 12.6. The lowest BCUT2D eigenvalue weighted by Crippen LogP contribution is -2.43. The molecule has 0 aliphatic carbocycles. The van der Waals surface area contributed by atoms with Gasteiger partial charge in [-0.15, -0.1) is 0 Å². The highest BCUT2D eigenvalue weighted by molar-refractivity contribution is 5.95. The summed E-state index contributed by atoms with van der Waals surface area (Å²) < 4.78 is 37.7. The number of nitrogens with zero attached hydrogens (tertiary/aromatic N) is 1. The van der Waals surface area contributed by atoms with Crippen molar-refractivity contribution in [3.8, 4) is 11.3 Å². The van der Waals surface area contributed by atoms with Crippen molar-refractivity contribution < 1.29 is 22.8 Å². The van der Waals surface area contributed by atoms with Crippen molar-refractivity contribution in [2.45, 2.75) is 32.6 Å². The van der Waals surface area contributed by atoms with E-state index in [1.165, 1.54) is 19.1 Å². The van der Waals surface area contributed by atoms with Crippen molar-refractivity contribution in [1.29, 1.82) is 0 Å². The van der Waals surface area contributed by atoms with Crippen LogP contribution in [-0.4, -0.2) is 29.0 Å². The number of amides is 2. The second-order valence-electron chi connectivity index (χ2n) is 5.78. The van der Waals surface area contributed by atoms with Gasteiger partial charge in [0.25, 0.3) is 5.91 Å². The Morgan fingerprint density at radius 3 is 2.50 bits per heavy atom. The van der Waals surface area contributed by atoms with Crippen LogP contribution >= 0.6 is 0 Å². The number of pyridine rings is 1. The zero-order valence-electron chi connectivity index (χ0n) is 14.2. The molecule has 0 spiro atoms. The third-order valence-electron chi connectivity index (χ3n) is 3.63. The van der Waals surface area contributed by atoms with Crippen molar-refractivity contribution in [3.05, 3.63) is 53.7 Å². The third-order valence-corrected chi connectivity index (χ3v) is 3.63. The summed E-state index contributed by atoms with van der Waals surface area (Å²) >= 11 is 0. The first-order chi connectivity index (χ1) is 12.2.